The molecule has 2 aliphatic rings. The van der Waals surface area contributed by atoms with Crippen molar-refractivity contribution < 1.29 is 17.5 Å². The highest BCUT2D eigenvalue weighted by atomic mass is 32.2. The number of fused-ring (bicyclic) bond motifs is 2. The summed E-state index contributed by atoms with van der Waals surface area (Å²) >= 11 is 0. The van der Waals surface area contributed by atoms with E-state index in [1.165, 1.54) is 28.6 Å². The molecule has 176 valence electrons. The second-order valence-corrected chi connectivity index (χ2v) is 10.8. The van der Waals surface area contributed by atoms with Crippen LogP contribution in [0.1, 0.15) is 23.6 Å². The van der Waals surface area contributed by atoms with Crippen molar-refractivity contribution in [2.75, 3.05) is 19.6 Å². The minimum atomic E-state index is -3.73. The van der Waals surface area contributed by atoms with Gasteiger partial charge in [0.2, 0.25) is 10.0 Å². The summed E-state index contributed by atoms with van der Waals surface area (Å²) in [4.78, 5) is 7.20. The third-order valence-electron chi connectivity index (χ3n) is 6.22. The number of amidine groups is 1. The first kappa shape index (κ1) is 22.6. The average Bonchev–Trinajstić information content (AvgIpc) is 2.95. The fourth-order valence-corrected chi connectivity index (χ4v) is 6.08. The number of piperazine rings is 1. The van der Waals surface area contributed by atoms with Crippen LogP contribution in [0, 0.1) is 19.7 Å². The van der Waals surface area contributed by atoms with Gasteiger partial charge in [0.1, 0.15) is 23.1 Å². The van der Waals surface area contributed by atoms with E-state index in [1.807, 2.05) is 51.1 Å². The van der Waals surface area contributed by atoms with Crippen molar-refractivity contribution in [3.8, 4) is 11.5 Å². The van der Waals surface area contributed by atoms with E-state index in [-0.39, 0.29) is 10.9 Å². The number of sulfonamides is 1. The van der Waals surface area contributed by atoms with E-state index in [2.05, 4.69) is 11.0 Å². The average molecular weight is 480 g/mol. The zero-order chi connectivity index (χ0) is 24.0. The number of halogens is 1. The van der Waals surface area contributed by atoms with Crippen molar-refractivity contribution in [3.05, 3.63) is 83.2 Å². The largest absolute Gasteiger partial charge is 0.454 e. The minimum absolute atomic E-state index is 0.0969. The molecule has 3 aromatic carbocycles. The van der Waals surface area contributed by atoms with Crippen LogP contribution in [-0.4, -0.2) is 49.1 Å². The lowest BCUT2D eigenvalue weighted by atomic mass is 10.1. The summed E-state index contributed by atoms with van der Waals surface area (Å²) < 4.78 is 47.5. The molecule has 34 heavy (non-hydrogen) atoms. The zero-order valence-corrected chi connectivity index (χ0v) is 20.1. The number of benzene rings is 3. The smallest absolute Gasteiger partial charge is 0.243 e. The Balaban J connectivity index is 1.49. The molecule has 0 saturated carbocycles. The van der Waals surface area contributed by atoms with E-state index in [4.69, 9.17) is 9.73 Å². The number of aliphatic imine (C=N–C) groups is 1. The van der Waals surface area contributed by atoms with Crippen LogP contribution in [0.5, 0.6) is 11.5 Å². The van der Waals surface area contributed by atoms with Gasteiger partial charge in [-0.1, -0.05) is 17.7 Å². The van der Waals surface area contributed by atoms with Gasteiger partial charge in [-0.25, -0.2) is 17.8 Å². The highest BCUT2D eigenvalue weighted by Crippen LogP contribution is 2.39. The third kappa shape index (κ3) is 4.08. The van der Waals surface area contributed by atoms with Crippen LogP contribution in [0.2, 0.25) is 0 Å². The summed E-state index contributed by atoms with van der Waals surface area (Å²) in [5.41, 5.74) is 3.79. The number of hydrogen-bond acceptors (Lipinski definition) is 5. The molecule has 0 aromatic heterocycles. The van der Waals surface area contributed by atoms with Crippen molar-refractivity contribution in [1.29, 1.82) is 0 Å². The number of ether oxygens (including phenoxy) is 1. The van der Waals surface area contributed by atoms with Crippen LogP contribution < -0.4 is 4.74 Å². The van der Waals surface area contributed by atoms with E-state index >= 15 is 0 Å². The molecule has 1 fully saturated rings. The highest BCUT2D eigenvalue weighted by Gasteiger charge is 2.36. The van der Waals surface area contributed by atoms with Gasteiger partial charge in [0.15, 0.2) is 5.75 Å². The molecule has 8 heteroatoms. The summed E-state index contributed by atoms with van der Waals surface area (Å²) in [7, 11) is -3.73. The van der Waals surface area contributed by atoms with Gasteiger partial charge in [0.25, 0.3) is 0 Å². The molecule has 2 heterocycles. The molecule has 1 saturated heterocycles. The van der Waals surface area contributed by atoms with Gasteiger partial charge in [0.05, 0.1) is 10.5 Å². The normalized spacial score (nSPS) is 18.4. The highest BCUT2D eigenvalue weighted by molar-refractivity contribution is 7.89. The summed E-state index contributed by atoms with van der Waals surface area (Å²) in [6.07, 6.45) is 0. The molecule has 0 aliphatic carbocycles. The van der Waals surface area contributed by atoms with Gasteiger partial charge in [-0.15, -0.1) is 0 Å². The van der Waals surface area contributed by atoms with Crippen molar-refractivity contribution in [2.45, 2.75) is 31.7 Å². The SMILES string of the molecule is Cc1ccc2c(c1)Oc1ccc(C)cc1C(N1CCN(S(=O)(=O)c3ccc(F)cc3)[C@H](C)C1)=N2. The summed E-state index contributed by atoms with van der Waals surface area (Å²) in [5, 5.41) is 0. The monoisotopic (exact) mass is 479 g/mol. The first-order valence-electron chi connectivity index (χ1n) is 11.2. The Hall–Kier alpha value is -3.23. The molecular formula is C26H26FN3O3S. The number of nitrogens with zero attached hydrogens (tertiary/aromatic N) is 3. The number of hydrogen-bond donors (Lipinski definition) is 0. The molecule has 0 bridgehead atoms. The van der Waals surface area contributed by atoms with Crippen molar-refractivity contribution >= 4 is 21.5 Å². The molecular weight excluding hydrogens is 453 g/mol. The molecule has 0 radical (unpaired) electrons. The minimum Gasteiger partial charge on any atom is -0.454 e. The Labute approximate surface area is 199 Å². The summed E-state index contributed by atoms with van der Waals surface area (Å²) in [6, 6.07) is 16.6. The van der Waals surface area contributed by atoms with Crippen molar-refractivity contribution in [2.24, 2.45) is 4.99 Å². The molecule has 1 atom stereocenters. The van der Waals surface area contributed by atoms with Crippen LogP contribution in [0.3, 0.4) is 0 Å². The van der Waals surface area contributed by atoms with Crippen LogP contribution in [0.4, 0.5) is 10.1 Å². The fraction of sp³-hybridized carbons (Fsp3) is 0.269. The first-order chi connectivity index (χ1) is 16.2. The lowest BCUT2D eigenvalue weighted by molar-refractivity contribution is 0.205. The topological polar surface area (TPSA) is 62.2 Å². The summed E-state index contributed by atoms with van der Waals surface area (Å²) in [5.74, 6) is 1.73. The summed E-state index contributed by atoms with van der Waals surface area (Å²) in [6.45, 7) is 7.15. The molecule has 3 aromatic rings. The van der Waals surface area contributed by atoms with Gasteiger partial charge < -0.3 is 9.64 Å². The van der Waals surface area contributed by atoms with E-state index in [1.54, 1.807) is 0 Å². The quantitative estimate of drug-likeness (QED) is 0.518. The lowest BCUT2D eigenvalue weighted by Crippen LogP contribution is -2.55. The molecule has 0 N–H and O–H groups in total. The number of aryl methyl sites for hydroxylation is 2. The Bertz CT molecular complexity index is 1390. The van der Waals surface area contributed by atoms with Crippen LogP contribution in [0.15, 0.2) is 70.6 Å². The van der Waals surface area contributed by atoms with Gasteiger partial charge >= 0.3 is 0 Å². The fourth-order valence-electron chi connectivity index (χ4n) is 4.47. The predicted octanol–water partition coefficient (Wildman–Crippen LogP) is 5.02. The second kappa shape index (κ2) is 8.52. The molecule has 5 rings (SSSR count). The van der Waals surface area contributed by atoms with Crippen molar-refractivity contribution in [1.82, 2.24) is 9.21 Å². The van der Waals surface area contributed by atoms with E-state index in [0.717, 1.165) is 34.0 Å². The Kier molecular flexibility index (Phi) is 5.65. The maximum absolute atomic E-state index is 13.3. The Morgan fingerprint density at radius 2 is 1.65 bits per heavy atom. The van der Waals surface area contributed by atoms with E-state index in [0.29, 0.717) is 25.4 Å². The van der Waals surface area contributed by atoms with Gasteiger partial charge in [-0.3, -0.25) is 0 Å². The Morgan fingerprint density at radius 3 is 2.38 bits per heavy atom. The maximum atomic E-state index is 13.3. The molecule has 2 aliphatic heterocycles. The molecule has 6 nitrogen and oxygen atoms in total. The number of rotatable bonds is 2. The van der Waals surface area contributed by atoms with Crippen LogP contribution >= 0.6 is 0 Å². The van der Waals surface area contributed by atoms with Crippen molar-refractivity contribution in [3.63, 3.8) is 0 Å². The maximum Gasteiger partial charge on any atom is 0.243 e. The van der Waals surface area contributed by atoms with E-state index in [9.17, 15) is 12.8 Å². The lowest BCUT2D eigenvalue weighted by Gasteiger charge is -2.40. The molecule has 0 unspecified atom stereocenters. The van der Waals surface area contributed by atoms with E-state index < -0.39 is 15.8 Å². The van der Waals surface area contributed by atoms with Gasteiger partial charge in [-0.2, -0.15) is 4.31 Å². The van der Waals surface area contributed by atoms with Crippen LogP contribution in [0.25, 0.3) is 0 Å². The first-order valence-corrected chi connectivity index (χ1v) is 12.7. The predicted molar refractivity (Wildman–Crippen MR) is 130 cm³/mol. The van der Waals surface area contributed by atoms with Gasteiger partial charge in [-0.05, 0) is 74.9 Å². The second-order valence-electron chi connectivity index (χ2n) is 8.87. The zero-order valence-electron chi connectivity index (χ0n) is 19.3. The standard InChI is InChI=1S/C26H26FN3O3S/c1-17-5-11-24-22(14-17)26(28-23-10-4-18(2)15-25(23)33-24)29-12-13-30(19(3)16-29)34(31,32)21-8-6-20(27)7-9-21/h4-11,14-15,19H,12-13,16H2,1-3H3/t19-/m1/s1. The Morgan fingerprint density at radius 1 is 0.941 bits per heavy atom. The molecule has 0 spiro atoms. The van der Waals surface area contributed by atoms with Crippen LogP contribution in [-0.2, 0) is 10.0 Å². The third-order valence-corrected chi connectivity index (χ3v) is 8.25. The molecule has 0 amide bonds. The van der Waals surface area contributed by atoms with Gasteiger partial charge in [0, 0.05) is 25.7 Å².